The molecule has 3 heterocycles. The summed E-state index contributed by atoms with van der Waals surface area (Å²) >= 11 is 6.09. The fourth-order valence-corrected chi connectivity index (χ4v) is 6.26. The lowest BCUT2D eigenvalue weighted by Crippen LogP contribution is -2.34. The van der Waals surface area contributed by atoms with Gasteiger partial charge in [-0.05, 0) is 68.8 Å². The maximum atomic E-state index is 6.30. The van der Waals surface area contributed by atoms with Gasteiger partial charge in [0.2, 0.25) is 0 Å². The van der Waals surface area contributed by atoms with Crippen molar-refractivity contribution >= 4 is 17.3 Å². The van der Waals surface area contributed by atoms with E-state index in [4.69, 9.17) is 26.0 Å². The molecule has 0 amide bonds. The van der Waals surface area contributed by atoms with Crippen molar-refractivity contribution in [3.63, 3.8) is 0 Å². The van der Waals surface area contributed by atoms with E-state index in [9.17, 15) is 0 Å². The van der Waals surface area contributed by atoms with Gasteiger partial charge in [0, 0.05) is 46.5 Å². The van der Waals surface area contributed by atoms with Crippen molar-refractivity contribution in [1.82, 2.24) is 10.3 Å². The third-order valence-electron chi connectivity index (χ3n) is 7.97. The van der Waals surface area contributed by atoms with E-state index in [0.717, 1.165) is 61.9 Å². The molecule has 1 N–H and O–H groups in total. The number of rotatable bonds is 5. The number of nitrogens with zero attached hydrogens (tertiary/aromatic N) is 2. The zero-order valence-corrected chi connectivity index (χ0v) is 20.3. The Morgan fingerprint density at radius 1 is 1.06 bits per heavy atom. The molecule has 3 atom stereocenters. The fraction of sp³-hybridized carbons (Fsp3) is 0.448. The molecule has 0 spiro atoms. The predicted molar refractivity (Wildman–Crippen MR) is 137 cm³/mol. The van der Waals surface area contributed by atoms with E-state index in [-0.39, 0.29) is 5.92 Å². The van der Waals surface area contributed by atoms with Crippen LogP contribution in [0.15, 0.2) is 80.5 Å². The zero-order valence-electron chi connectivity index (χ0n) is 19.6. The van der Waals surface area contributed by atoms with Gasteiger partial charge in [0.05, 0.1) is 6.20 Å². The number of aromatic nitrogens is 1. The summed E-state index contributed by atoms with van der Waals surface area (Å²) in [5.41, 5.74) is 5.75. The van der Waals surface area contributed by atoms with Gasteiger partial charge in [-0.2, -0.15) is 0 Å². The van der Waals surface area contributed by atoms with Crippen molar-refractivity contribution in [3.8, 4) is 0 Å². The molecule has 1 saturated heterocycles. The number of halogens is 1. The van der Waals surface area contributed by atoms with Crippen molar-refractivity contribution in [2.24, 2.45) is 16.8 Å². The summed E-state index contributed by atoms with van der Waals surface area (Å²) in [5.74, 6) is 3.43. The lowest BCUT2D eigenvalue weighted by molar-refractivity contribution is 0.385. The minimum Gasteiger partial charge on any atom is -0.445 e. The van der Waals surface area contributed by atoms with Crippen LogP contribution >= 0.6 is 11.6 Å². The monoisotopic (exact) mass is 473 g/mol. The van der Waals surface area contributed by atoms with Crippen LogP contribution in [0.4, 0.5) is 0 Å². The van der Waals surface area contributed by atoms with Gasteiger partial charge in [-0.25, -0.2) is 4.98 Å². The first kappa shape index (κ1) is 22.1. The Morgan fingerprint density at radius 2 is 1.91 bits per heavy atom. The van der Waals surface area contributed by atoms with Gasteiger partial charge in [-0.3, -0.25) is 4.99 Å². The highest BCUT2D eigenvalue weighted by Gasteiger charge is 2.38. The average Bonchev–Trinajstić information content (AvgIpc) is 3.51. The van der Waals surface area contributed by atoms with Crippen molar-refractivity contribution in [3.05, 3.63) is 88.3 Å². The third kappa shape index (κ3) is 4.46. The second kappa shape index (κ2) is 9.67. The smallest absolute Gasteiger partial charge is 0.197 e. The quantitative estimate of drug-likeness (QED) is 0.527. The summed E-state index contributed by atoms with van der Waals surface area (Å²) in [6.07, 6.45) is 15.5. The van der Waals surface area contributed by atoms with E-state index >= 15 is 0 Å². The molecular formula is C29H32ClN3O. The molecule has 0 bridgehead atoms. The third-order valence-corrected chi connectivity index (χ3v) is 8.25. The first-order valence-corrected chi connectivity index (χ1v) is 13.2. The van der Waals surface area contributed by atoms with Crippen LogP contribution in [-0.4, -0.2) is 23.8 Å². The van der Waals surface area contributed by atoms with Gasteiger partial charge in [0.1, 0.15) is 5.76 Å². The molecule has 2 aromatic rings. The summed E-state index contributed by atoms with van der Waals surface area (Å²) in [6.45, 7) is 2.20. The van der Waals surface area contributed by atoms with Crippen molar-refractivity contribution < 1.29 is 4.42 Å². The average molecular weight is 474 g/mol. The molecule has 34 heavy (non-hydrogen) atoms. The topological polar surface area (TPSA) is 50.4 Å². The van der Waals surface area contributed by atoms with E-state index < -0.39 is 0 Å². The Labute approximate surface area is 206 Å². The molecule has 1 fully saturated rings. The molecule has 2 aliphatic heterocycles. The second-order valence-electron chi connectivity index (χ2n) is 10.1. The number of aliphatic imine (C=N–C) groups is 1. The molecule has 0 radical (unpaired) electrons. The molecule has 1 aromatic carbocycles. The Kier molecular flexibility index (Phi) is 6.28. The van der Waals surface area contributed by atoms with Gasteiger partial charge < -0.3 is 9.73 Å². The van der Waals surface area contributed by atoms with Crippen LogP contribution in [0.5, 0.6) is 0 Å². The molecule has 3 unspecified atom stereocenters. The van der Waals surface area contributed by atoms with Gasteiger partial charge in [-0.15, -0.1) is 0 Å². The largest absolute Gasteiger partial charge is 0.445 e. The molecule has 2 aliphatic carbocycles. The summed E-state index contributed by atoms with van der Waals surface area (Å²) < 4.78 is 6.30. The van der Waals surface area contributed by atoms with Crippen LogP contribution in [0, 0.1) is 11.8 Å². The number of nitrogens with one attached hydrogen (secondary N) is 1. The first-order chi connectivity index (χ1) is 16.7. The summed E-state index contributed by atoms with van der Waals surface area (Å²) in [5, 5.41) is 4.32. The van der Waals surface area contributed by atoms with Crippen molar-refractivity contribution in [1.29, 1.82) is 0 Å². The van der Waals surface area contributed by atoms with E-state index in [2.05, 4.69) is 47.8 Å². The summed E-state index contributed by atoms with van der Waals surface area (Å²) in [7, 11) is 0. The van der Waals surface area contributed by atoms with Crippen LogP contribution in [0.1, 0.15) is 67.6 Å². The van der Waals surface area contributed by atoms with E-state index in [0.29, 0.717) is 17.8 Å². The number of hydrogen-bond acceptors (Lipinski definition) is 4. The standard InChI is InChI=1S/C29H32ClN3O/c30-23-9-6-20(7-10-23)27-18-32-29(34-27)22-8-11-24-25(16-19-4-2-1-3-5-19)28(33-26(24)17-22)21-12-14-31-15-13-21/h1-6,9-10,18,20-22,25,31H,7-8,11-17H2. The molecule has 0 saturated carbocycles. The Hall–Kier alpha value is -2.43. The van der Waals surface area contributed by atoms with Gasteiger partial charge >= 0.3 is 0 Å². The molecule has 5 heteroatoms. The first-order valence-electron chi connectivity index (χ1n) is 12.8. The molecule has 4 nitrogen and oxygen atoms in total. The molecular weight excluding hydrogens is 442 g/mol. The molecule has 176 valence electrons. The van der Waals surface area contributed by atoms with Gasteiger partial charge in [0.25, 0.3) is 0 Å². The van der Waals surface area contributed by atoms with E-state index in [1.165, 1.54) is 29.8 Å². The van der Waals surface area contributed by atoms with Crippen LogP contribution in [-0.2, 0) is 6.42 Å². The van der Waals surface area contributed by atoms with Gasteiger partial charge in [0.15, 0.2) is 5.89 Å². The predicted octanol–water partition coefficient (Wildman–Crippen LogP) is 6.68. The SMILES string of the molecule is ClC1=CCC(c2cnc(C3CCC4=C(C3)N=C(C3CCNCC3)C4Cc3ccccc3)o2)C=C1. The highest BCUT2D eigenvalue weighted by atomic mass is 35.5. The molecule has 1 aromatic heterocycles. The number of benzene rings is 1. The van der Waals surface area contributed by atoms with Crippen LogP contribution in [0.2, 0.25) is 0 Å². The molecule has 6 rings (SSSR count). The van der Waals surface area contributed by atoms with E-state index in [1.807, 2.05) is 12.3 Å². The van der Waals surface area contributed by atoms with Gasteiger partial charge in [-0.1, -0.05) is 54.1 Å². The maximum absolute atomic E-state index is 6.30. The Morgan fingerprint density at radius 3 is 2.71 bits per heavy atom. The minimum absolute atomic E-state index is 0.230. The van der Waals surface area contributed by atoms with Crippen molar-refractivity contribution in [2.45, 2.75) is 56.8 Å². The van der Waals surface area contributed by atoms with Crippen LogP contribution in [0.3, 0.4) is 0 Å². The number of allylic oxidation sites excluding steroid dienone is 6. The Bertz CT molecular complexity index is 1150. The highest BCUT2D eigenvalue weighted by molar-refractivity contribution is 6.31. The second-order valence-corrected chi connectivity index (χ2v) is 10.5. The fourth-order valence-electron chi connectivity index (χ4n) is 6.09. The summed E-state index contributed by atoms with van der Waals surface area (Å²) in [4.78, 5) is 10.1. The maximum Gasteiger partial charge on any atom is 0.197 e. The Balaban J connectivity index is 1.23. The number of piperidine rings is 1. The number of oxazole rings is 1. The normalized spacial score (nSPS) is 27.5. The molecule has 4 aliphatic rings. The highest BCUT2D eigenvalue weighted by Crippen LogP contribution is 2.46. The van der Waals surface area contributed by atoms with Crippen LogP contribution in [0.25, 0.3) is 0 Å². The van der Waals surface area contributed by atoms with E-state index in [1.54, 1.807) is 5.57 Å². The zero-order chi connectivity index (χ0) is 22.9. The van der Waals surface area contributed by atoms with Crippen molar-refractivity contribution in [2.75, 3.05) is 13.1 Å². The number of hydrogen-bond donors (Lipinski definition) is 1. The minimum atomic E-state index is 0.230. The lowest BCUT2D eigenvalue weighted by atomic mass is 9.76. The summed E-state index contributed by atoms with van der Waals surface area (Å²) in [6, 6.07) is 10.9. The lowest BCUT2D eigenvalue weighted by Gasteiger charge is -2.29. The van der Waals surface area contributed by atoms with Crippen LogP contribution < -0.4 is 5.32 Å².